The Kier molecular flexibility index (Phi) is 5.40. The molecule has 1 aliphatic heterocycles. The van der Waals surface area contributed by atoms with Crippen LogP contribution in [0.1, 0.15) is 12.8 Å². The molecule has 0 aromatic heterocycles. The molecule has 1 heterocycles. The third-order valence-corrected chi connectivity index (χ3v) is 3.44. The largest absolute Gasteiger partial charge is 0.290 e. The third-order valence-electron chi connectivity index (χ3n) is 2.02. The standard InChI is InChI=1S/C9H16N2OS2/c1-13-7-3-4-8(12)11-6-5-10-9(11)14-2/h3-7H2,1-2H3. The normalized spacial score (nSPS) is 15.9. The number of carbonyl (C=O) groups is 1. The number of carbonyl (C=O) groups excluding carboxylic acids is 1. The summed E-state index contributed by atoms with van der Waals surface area (Å²) in [4.78, 5) is 17.8. The van der Waals surface area contributed by atoms with Gasteiger partial charge in [0.25, 0.3) is 0 Å². The number of hydrogen-bond donors (Lipinski definition) is 0. The monoisotopic (exact) mass is 232 g/mol. The van der Waals surface area contributed by atoms with Crippen molar-refractivity contribution in [2.24, 2.45) is 4.99 Å². The first-order valence-electron chi connectivity index (χ1n) is 4.67. The van der Waals surface area contributed by atoms with Crippen molar-refractivity contribution in [3.63, 3.8) is 0 Å². The molecule has 0 aromatic rings. The molecular formula is C9H16N2OS2. The number of rotatable bonds is 4. The number of thioether (sulfide) groups is 2. The van der Waals surface area contributed by atoms with Crippen molar-refractivity contribution in [1.82, 2.24) is 4.90 Å². The molecule has 0 aromatic carbocycles. The van der Waals surface area contributed by atoms with E-state index in [1.807, 2.05) is 11.2 Å². The zero-order chi connectivity index (χ0) is 10.4. The van der Waals surface area contributed by atoms with Gasteiger partial charge in [0.1, 0.15) is 0 Å². The molecule has 0 spiro atoms. The first-order valence-corrected chi connectivity index (χ1v) is 7.29. The molecule has 0 atom stereocenters. The lowest BCUT2D eigenvalue weighted by atomic mass is 10.3. The topological polar surface area (TPSA) is 32.7 Å². The van der Waals surface area contributed by atoms with E-state index in [4.69, 9.17) is 0 Å². The maximum Gasteiger partial charge on any atom is 0.228 e. The van der Waals surface area contributed by atoms with Gasteiger partial charge >= 0.3 is 0 Å². The van der Waals surface area contributed by atoms with Gasteiger partial charge in [-0.2, -0.15) is 11.8 Å². The lowest BCUT2D eigenvalue weighted by Crippen LogP contribution is -2.32. The Balaban J connectivity index is 2.33. The van der Waals surface area contributed by atoms with E-state index in [1.54, 1.807) is 23.5 Å². The summed E-state index contributed by atoms with van der Waals surface area (Å²) in [5, 5.41) is 0.888. The van der Waals surface area contributed by atoms with Gasteiger partial charge in [0, 0.05) is 13.0 Å². The molecule has 0 bridgehead atoms. The Morgan fingerprint density at radius 1 is 1.57 bits per heavy atom. The van der Waals surface area contributed by atoms with E-state index in [1.165, 1.54) is 0 Å². The fourth-order valence-corrected chi connectivity index (χ4v) is 2.40. The van der Waals surface area contributed by atoms with Gasteiger partial charge in [-0.25, -0.2) is 0 Å². The van der Waals surface area contributed by atoms with Crippen molar-refractivity contribution in [1.29, 1.82) is 0 Å². The quantitative estimate of drug-likeness (QED) is 0.692. The first-order chi connectivity index (χ1) is 6.79. The highest BCUT2D eigenvalue weighted by atomic mass is 32.2. The Morgan fingerprint density at radius 3 is 3.00 bits per heavy atom. The Hall–Kier alpha value is -0.160. The minimum absolute atomic E-state index is 0.227. The van der Waals surface area contributed by atoms with Crippen LogP contribution in [0.4, 0.5) is 0 Å². The molecule has 0 unspecified atom stereocenters. The second-order valence-electron chi connectivity index (χ2n) is 3.01. The number of amidine groups is 1. The SMILES string of the molecule is CSCCCC(=O)N1CCN=C1SC. The molecule has 80 valence electrons. The molecule has 1 amide bonds. The third kappa shape index (κ3) is 3.20. The summed E-state index contributed by atoms with van der Waals surface area (Å²) in [6.07, 6.45) is 5.65. The van der Waals surface area contributed by atoms with Crippen molar-refractivity contribution < 1.29 is 4.79 Å². The molecule has 0 saturated heterocycles. The van der Waals surface area contributed by atoms with E-state index in [2.05, 4.69) is 11.2 Å². The lowest BCUT2D eigenvalue weighted by molar-refractivity contribution is -0.126. The number of amides is 1. The Bertz CT molecular complexity index is 231. The van der Waals surface area contributed by atoms with Crippen molar-refractivity contribution in [2.45, 2.75) is 12.8 Å². The van der Waals surface area contributed by atoms with Crippen LogP contribution in [0.25, 0.3) is 0 Å². The first kappa shape index (κ1) is 11.9. The minimum atomic E-state index is 0.227. The maximum atomic E-state index is 11.7. The Labute approximate surface area is 93.7 Å². The van der Waals surface area contributed by atoms with Gasteiger partial charge in [0.2, 0.25) is 5.91 Å². The summed E-state index contributed by atoms with van der Waals surface area (Å²) in [6, 6.07) is 0. The maximum absolute atomic E-state index is 11.7. The second kappa shape index (κ2) is 6.35. The van der Waals surface area contributed by atoms with Gasteiger partial charge in [0.15, 0.2) is 5.17 Å². The molecule has 0 N–H and O–H groups in total. The van der Waals surface area contributed by atoms with Crippen LogP contribution in [0.15, 0.2) is 4.99 Å². The molecule has 3 nitrogen and oxygen atoms in total. The lowest BCUT2D eigenvalue weighted by Gasteiger charge is -2.16. The molecule has 14 heavy (non-hydrogen) atoms. The van der Waals surface area contributed by atoms with E-state index in [0.717, 1.165) is 30.4 Å². The Morgan fingerprint density at radius 2 is 2.36 bits per heavy atom. The van der Waals surface area contributed by atoms with Crippen molar-refractivity contribution in [2.75, 3.05) is 31.4 Å². The van der Waals surface area contributed by atoms with E-state index in [0.29, 0.717) is 6.42 Å². The average Bonchev–Trinajstić information content (AvgIpc) is 2.65. The van der Waals surface area contributed by atoms with Crippen LogP contribution < -0.4 is 0 Å². The summed E-state index contributed by atoms with van der Waals surface area (Å²) in [6.45, 7) is 1.54. The minimum Gasteiger partial charge on any atom is -0.290 e. The van der Waals surface area contributed by atoms with Crippen LogP contribution in [0.5, 0.6) is 0 Å². The summed E-state index contributed by atoms with van der Waals surface area (Å²) >= 11 is 3.34. The predicted octanol–water partition coefficient (Wildman–Crippen LogP) is 1.69. The van der Waals surface area contributed by atoms with Gasteiger partial charge in [0.05, 0.1) is 6.54 Å². The number of aliphatic imine (C=N–C) groups is 1. The smallest absolute Gasteiger partial charge is 0.228 e. The van der Waals surface area contributed by atoms with E-state index >= 15 is 0 Å². The van der Waals surface area contributed by atoms with Crippen LogP contribution in [0.2, 0.25) is 0 Å². The van der Waals surface area contributed by atoms with E-state index in [9.17, 15) is 4.79 Å². The van der Waals surface area contributed by atoms with Gasteiger partial charge in [-0.15, -0.1) is 0 Å². The van der Waals surface area contributed by atoms with Gasteiger partial charge in [-0.1, -0.05) is 11.8 Å². The fraction of sp³-hybridized carbons (Fsp3) is 0.778. The summed E-state index contributed by atoms with van der Waals surface area (Å²) in [7, 11) is 0. The molecule has 1 rings (SSSR count). The number of hydrogen-bond acceptors (Lipinski definition) is 4. The zero-order valence-electron chi connectivity index (χ0n) is 8.65. The van der Waals surface area contributed by atoms with Gasteiger partial charge < -0.3 is 0 Å². The summed E-state index contributed by atoms with van der Waals surface area (Å²) in [5.41, 5.74) is 0. The highest BCUT2D eigenvalue weighted by molar-refractivity contribution is 8.13. The van der Waals surface area contributed by atoms with Crippen LogP contribution in [-0.4, -0.2) is 47.3 Å². The molecule has 1 aliphatic rings. The molecule has 0 aliphatic carbocycles. The van der Waals surface area contributed by atoms with E-state index < -0.39 is 0 Å². The van der Waals surface area contributed by atoms with Crippen LogP contribution in [0.3, 0.4) is 0 Å². The molecule has 5 heteroatoms. The number of nitrogens with zero attached hydrogens (tertiary/aromatic N) is 2. The molecular weight excluding hydrogens is 216 g/mol. The van der Waals surface area contributed by atoms with Crippen molar-refractivity contribution in [3.8, 4) is 0 Å². The predicted molar refractivity (Wildman–Crippen MR) is 65.1 cm³/mol. The highest BCUT2D eigenvalue weighted by Gasteiger charge is 2.21. The fourth-order valence-electron chi connectivity index (χ4n) is 1.34. The van der Waals surface area contributed by atoms with Crippen LogP contribution >= 0.6 is 23.5 Å². The van der Waals surface area contributed by atoms with Crippen molar-refractivity contribution in [3.05, 3.63) is 0 Å². The van der Waals surface area contributed by atoms with E-state index in [-0.39, 0.29) is 5.91 Å². The van der Waals surface area contributed by atoms with Gasteiger partial charge in [-0.3, -0.25) is 14.7 Å². The second-order valence-corrected chi connectivity index (χ2v) is 4.77. The van der Waals surface area contributed by atoms with Crippen LogP contribution in [0, 0.1) is 0 Å². The van der Waals surface area contributed by atoms with Gasteiger partial charge in [-0.05, 0) is 24.7 Å². The summed E-state index contributed by atoms with van der Waals surface area (Å²) in [5.74, 6) is 1.29. The molecule has 0 radical (unpaired) electrons. The van der Waals surface area contributed by atoms with Crippen LogP contribution in [-0.2, 0) is 4.79 Å². The molecule has 0 fully saturated rings. The average molecular weight is 232 g/mol. The molecule has 0 saturated carbocycles. The van der Waals surface area contributed by atoms with Crippen molar-refractivity contribution >= 4 is 34.6 Å². The summed E-state index contributed by atoms with van der Waals surface area (Å²) < 4.78 is 0. The highest BCUT2D eigenvalue weighted by Crippen LogP contribution is 2.13. The zero-order valence-corrected chi connectivity index (χ0v) is 10.3.